The molecule has 6 nitrogen and oxygen atoms in total. The minimum atomic E-state index is -0.263. The number of carbonyl (C=O) groups is 1. The molecule has 9 heteroatoms. The van der Waals surface area contributed by atoms with Crippen molar-refractivity contribution in [2.45, 2.75) is 13.5 Å². The summed E-state index contributed by atoms with van der Waals surface area (Å²) >= 11 is 13.5. The van der Waals surface area contributed by atoms with Gasteiger partial charge in [0.15, 0.2) is 5.13 Å². The Kier molecular flexibility index (Phi) is 5.36. The van der Waals surface area contributed by atoms with E-state index in [1.807, 2.05) is 35.7 Å². The van der Waals surface area contributed by atoms with Crippen LogP contribution in [0.15, 0.2) is 59.0 Å². The normalized spacial score (nSPS) is 11.0. The fraction of sp³-hybridized carbons (Fsp3) is 0.100. The molecule has 0 aliphatic carbocycles. The van der Waals surface area contributed by atoms with Gasteiger partial charge in [-0.05, 0) is 24.3 Å². The van der Waals surface area contributed by atoms with Crippen LogP contribution >= 0.6 is 34.5 Å². The molecule has 0 atom stereocenters. The zero-order valence-corrected chi connectivity index (χ0v) is 17.5. The SMILES string of the molecule is CC(=O)N(c1ccccc1)c1nc(Cn2cnc3c(Cl)cc(Cl)cc3c2=O)cs1. The number of para-hydroxylation sites is 1. The van der Waals surface area contributed by atoms with Crippen LogP contribution in [-0.4, -0.2) is 20.4 Å². The average molecular weight is 445 g/mol. The van der Waals surface area contributed by atoms with Crippen LogP contribution in [0.25, 0.3) is 10.9 Å². The number of amides is 1. The Morgan fingerprint density at radius 2 is 1.97 bits per heavy atom. The van der Waals surface area contributed by atoms with E-state index in [-0.39, 0.29) is 18.0 Å². The topological polar surface area (TPSA) is 68.1 Å². The van der Waals surface area contributed by atoms with Crippen LogP contribution < -0.4 is 10.5 Å². The van der Waals surface area contributed by atoms with Gasteiger partial charge in [-0.15, -0.1) is 11.3 Å². The maximum absolute atomic E-state index is 12.8. The van der Waals surface area contributed by atoms with Gasteiger partial charge in [-0.25, -0.2) is 9.97 Å². The molecule has 0 radical (unpaired) electrons. The molecule has 0 unspecified atom stereocenters. The molecular weight excluding hydrogens is 431 g/mol. The zero-order chi connectivity index (χ0) is 20.5. The lowest BCUT2D eigenvalue weighted by molar-refractivity contribution is -0.115. The van der Waals surface area contributed by atoms with E-state index in [1.54, 1.807) is 12.1 Å². The summed E-state index contributed by atoms with van der Waals surface area (Å²) in [4.78, 5) is 35.4. The highest BCUT2D eigenvalue weighted by Crippen LogP contribution is 2.29. The standard InChI is InChI=1S/C20H14Cl2N4O2S/c1-12(27)26(15-5-3-2-4-6-15)20-24-14(10-29-20)9-25-11-23-18-16(19(25)28)7-13(21)8-17(18)22/h2-8,10-11H,9H2,1H3. The zero-order valence-electron chi connectivity index (χ0n) is 15.2. The first-order valence-electron chi connectivity index (χ1n) is 8.58. The van der Waals surface area contributed by atoms with E-state index >= 15 is 0 Å². The molecule has 0 bridgehead atoms. The molecule has 0 saturated carbocycles. The highest BCUT2D eigenvalue weighted by Gasteiger charge is 2.18. The number of nitrogens with zero attached hydrogens (tertiary/aromatic N) is 4. The Morgan fingerprint density at radius 3 is 2.69 bits per heavy atom. The fourth-order valence-corrected chi connectivity index (χ4v) is 4.38. The van der Waals surface area contributed by atoms with Gasteiger partial charge in [-0.1, -0.05) is 41.4 Å². The first-order valence-corrected chi connectivity index (χ1v) is 10.2. The minimum Gasteiger partial charge on any atom is -0.293 e. The number of fused-ring (bicyclic) bond motifs is 1. The summed E-state index contributed by atoms with van der Waals surface area (Å²) in [6.45, 7) is 1.70. The van der Waals surface area contributed by atoms with Gasteiger partial charge in [0, 0.05) is 17.3 Å². The van der Waals surface area contributed by atoms with Crippen LogP contribution in [0.4, 0.5) is 10.8 Å². The average Bonchev–Trinajstić information content (AvgIpc) is 3.13. The second kappa shape index (κ2) is 7.94. The number of carbonyl (C=O) groups excluding carboxylic acids is 1. The van der Waals surface area contributed by atoms with E-state index in [2.05, 4.69) is 9.97 Å². The molecule has 1 amide bonds. The Bertz CT molecular complexity index is 1270. The number of halogens is 2. The molecule has 0 N–H and O–H groups in total. The molecule has 0 fully saturated rings. The summed E-state index contributed by atoms with van der Waals surface area (Å²) < 4.78 is 1.44. The van der Waals surface area contributed by atoms with Crippen molar-refractivity contribution in [1.29, 1.82) is 0 Å². The molecule has 29 heavy (non-hydrogen) atoms. The number of benzene rings is 2. The van der Waals surface area contributed by atoms with Crippen molar-refractivity contribution in [3.63, 3.8) is 0 Å². The van der Waals surface area contributed by atoms with Gasteiger partial charge in [-0.3, -0.25) is 19.1 Å². The van der Waals surface area contributed by atoms with E-state index in [0.717, 1.165) is 5.69 Å². The van der Waals surface area contributed by atoms with E-state index in [1.165, 1.54) is 34.1 Å². The molecule has 146 valence electrons. The lowest BCUT2D eigenvalue weighted by Gasteiger charge is -2.17. The van der Waals surface area contributed by atoms with Crippen molar-refractivity contribution in [2.24, 2.45) is 0 Å². The minimum absolute atomic E-state index is 0.147. The van der Waals surface area contributed by atoms with Gasteiger partial charge in [0.05, 0.1) is 40.2 Å². The number of hydrogen-bond acceptors (Lipinski definition) is 5. The number of rotatable bonds is 4. The van der Waals surface area contributed by atoms with Gasteiger partial charge in [0.1, 0.15) is 0 Å². The first-order chi connectivity index (χ1) is 13.9. The van der Waals surface area contributed by atoms with Gasteiger partial charge in [-0.2, -0.15) is 0 Å². The van der Waals surface area contributed by atoms with Crippen LogP contribution in [0.5, 0.6) is 0 Å². The third-order valence-electron chi connectivity index (χ3n) is 4.24. The quantitative estimate of drug-likeness (QED) is 0.449. The second-order valence-corrected chi connectivity index (χ2v) is 7.95. The van der Waals surface area contributed by atoms with E-state index < -0.39 is 0 Å². The number of hydrogen-bond donors (Lipinski definition) is 0. The van der Waals surface area contributed by atoms with Gasteiger partial charge in [0.2, 0.25) is 5.91 Å². The molecule has 2 heterocycles. The molecular formula is C20H14Cl2N4O2S. The third-order valence-corrected chi connectivity index (χ3v) is 5.62. The van der Waals surface area contributed by atoms with Crippen LogP contribution in [0.1, 0.15) is 12.6 Å². The fourth-order valence-electron chi connectivity index (χ4n) is 2.96. The molecule has 4 rings (SSSR count). The monoisotopic (exact) mass is 444 g/mol. The van der Waals surface area contributed by atoms with Crippen molar-refractivity contribution in [2.75, 3.05) is 4.90 Å². The summed E-state index contributed by atoms with van der Waals surface area (Å²) in [5.74, 6) is -0.147. The number of aromatic nitrogens is 3. The van der Waals surface area contributed by atoms with Crippen molar-refractivity contribution in [1.82, 2.24) is 14.5 Å². The molecule has 4 aromatic rings. The summed E-state index contributed by atoms with van der Waals surface area (Å²) in [6.07, 6.45) is 1.43. The summed E-state index contributed by atoms with van der Waals surface area (Å²) in [5.41, 5.74) is 1.52. The predicted octanol–water partition coefficient (Wildman–Crippen LogP) is 4.89. The molecule has 0 saturated heterocycles. The van der Waals surface area contributed by atoms with E-state index in [9.17, 15) is 9.59 Å². The Morgan fingerprint density at radius 1 is 1.21 bits per heavy atom. The summed E-state index contributed by atoms with van der Waals surface area (Å²) in [6, 6.07) is 12.4. The van der Waals surface area contributed by atoms with Gasteiger partial charge in [0.25, 0.3) is 5.56 Å². The van der Waals surface area contributed by atoms with Gasteiger partial charge >= 0.3 is 0 Å². The van der Waals surface area contributed by atoms with E-state index in [4.69, 9.17) is 23.2 Å². The van der Waals surface area contributed by atoms with Crippen molar-refractivity contribution in [3.05, 3.63) is 80.3 Å². The lowest BCUT2D eigenvalue weighted by Crippen LogP contribution is -2.23. The number of anilines is 2. The largest absolute Gasteiger partial charge is 0.293 e. The Labute approximate surface area is 180 Å². The van der Waals surface area contributed by atoms with Crippen molar-refractivity contribution >= 4 is 62.2 Å². The lowest BCUT2D eigenvalue weighted by atomic mass is 10.2. The summed E-state index contributed by atoms with van der Waals surface area (Å²) in [5, 5.41) is 3.39. The number of thiazole rings is 1. The van der Waals surface area contributed by atoms with Crippen LogP contribution in [-0.2, 0) is 11.3 Å². The van der Waals surface area contributed by atoms with Crippen LogP contribution in [0.2, 0.25) is 10.0 Å². The van der Waals surface area contributed by atoms with Crippen molar-refractivity contribution in [3.8, 4) is 0 Å². The Balaban J connectivity index is 1.68. The highest BCUT2D eigenvalue weighted by atomic mass is 35.5. The second-order valence-electron chi connectivity index (χ2n) is 6.27. The Hall–Kier alpha value is -2.74. The first kappa shape index (κ1) is 19.6. The van der Waals surface area contributed by atoms with E-state index in [0.29, 0.717) is 31.8 Å². The highest BCUT2D eigenvalue weighted by molar-refractivity contribution is 7.14. The third kappa shape index (κ3) is 3.89. The molecule has 0 aliphatic rings. The van der Waals surface area contributed by atoms with Crippen LogP contribution in [0.3, 0.4) is 0 Å². The predicted molar refractivity (Wildman–Crippen MR) is 117 cm³/mol. The maximum Gasteiger partial charge on any atom is 0.261 e. The smallest absolute Gasteiger partial charge is 0.261 e. The molecule has 0 spiro atoms. The molecule has 0 aliphatic heterocycles. The molecule has 2 aromatic heterocycles. The van der Waals surface area contributed by atoms with Gasteiger partial charge < -0.3 is 0 Å². The maximum atomic E-state index is 12.8. The van der Waals surface area contributed by atoms with Crippen molar-refractivity contribution < 1.29 is 4.79 Å². The van der Waals surface area contributed by atoms with Crippen LogP contribution in [0, 0.1) is 0 Å². The molecule has 2 aromatic carbocycles. The summed E-state index contributed by atoms with van der Waals surface area (Å²) in [7, 11) is 0.